The molecule has 31 heavy (non-hydrogen) atoms. The summed E-state index contributed by atoms with van der Waals surface area (Å²) in [7, 11) is 3.30. The van der Waals surface area contributed by atoms with Crippen molar-refractivity contribution in [2.75, 3.05) is 20.8 Å². The Morgan fingerprint density at radius 3 is 2.39 bits per heavy atom. The maximum absolute atomic E-state index is 6.29. The minimum atomic E-state index is 0.307. The largest absolute Gasteiger partial charge is 0.497 e. The van der Waals surface area contributed by atoms with Crippen molar-refractivity contribution >= 4 is 39.1 Å². The summed E-state index contributed by atoms with van der Waals surface area (Å²) in [6, 6.07) is 17.3. The Hall–Kier alpha value is -1.92. The molecule has 0 saturated carbocycles. The van der Waals surface area contributed by atoms with E-state index in [9.17, 15) is 0 Å². The number of benzene rings is 3. The number of halogens is 3. The monoisotopic (exact) mass is 523 g/mol. The summed E-state index contributed by atoms with van der Waals surface area (Å²) in [6.07, 6.45) is 0.905. The predicted molar refractivity (Wildman–Crippen MR) is 130 cm³/mol. The van der Waals surface area contributed by atoms with Crippen LogP contribution in [0, 0.1) is 0 Å². The summed E-state index contributed by atoms with van der Waals surface area (Å²) >= 11 is 15.9. The summed E-state index contributed by atoms with van der Waals surface area (Å²) in [6.45, 7) is 1.75. The molecule has 0 bridgehead atoms. The fourth-order valence-electron chi connectivity index (χ4n) is 3.09. The Balaban J connectivity index is 1.67. The molecule has 0 aliphatic carbocycles. The van der Waals surface area contributed by atoms with Gasteiger partial charge in [0, 0.05) is 32.2 Å². The van der Waals surface area contributed by atoms with Crippen molar-refractivity contribution in [2.24, 2.45) is 0 Å². The highest BCUT2D eigenvalue weighted by Crippen LogP contribution is 2.37. The molecule has 0 amide bonds. The van der Waals surface area contributed by atoms with Crippen molar-refractivity contribution in [3.63, 3.8) is 0 Å². The van der Waals surface area contributed by atoms with Gasteiger partial charge in [-0.15, -0.1) is 0 Å². The van der Waals surface area contributed by atoms with Gasteiger partial charge in [0.2, 0.25) is 0 Å². The highest BCUT2D eigenvalue weighted by Gasteiger charge is 2.15. The van der Waals surface area contributed by atoms with E-state index in [1.54, 1.807) is 26.4 Å². The van der Waals surface area contributed by atoms with Crippen LogP contribution in [0.4, 0.5) is 0 Å². The second-order valence-corrected chi connectivity index (χ2v) is 8.55. The van der Waals surface area contributed by atoms with Crippen LogP contribution in [0.3, 0.4) is 0 Å². The Bertz CT molecular complexity index is 1010. The first-order valence-corrected chi connectivity index (χ1v) is 11.3. The maximum atomic E-state index is 6.29. The molecular formula is C24H24BrCl2NO3. The van der Waals surface area contributed by atoms with E-state index < -0.39 is 0 Å². The highest BCUT2D eigenvalue weighted by molar-refractivity contribution is 9.10. The van der Waals surface area contributed by atoms with Crippen molar-refractivity contribution in [1.82, 2.24) is 5.32 Å². The van der Waals surface area contributed by atoms with Crippen LogP contribution in [-0.4, -0.2) is 20.8 Å². The smallest absolute Gasteiger partial charge is 0.167 e. The van der Waals surface area contributed by atoms with Gasteiger partial charge in [0.05, 0.1) is 14.2 Å². The zero-order chi connectivity index (χ0) is 22.2. The Labute approximate surface area is 201 Å². The zero-order valence-electron chi connectivity index (χ0n) is 17.4. The number of methoxy groups -OCH3 is 2. The summed E-state index contributed by atoms with van der Waals surface area (Å²) in [4.78, 5) is 0. The van der Waals surface area contributed by atoms with E-state index in [4.69, 9.17) is 37.4 Å². The van der Waals surface area contributed by atoms with E-state index in [-0.39, 0.29) is 0 Å². The standard InChI is InChI=1S/C24H24BrCl2NO3/c1-29-19-7-3-16(4-8-19)11-12-28-14-20-21(25)9-10-23(30-2)24(20)31-15-17-5-6-18(26)13-22(17)27/h3-10,13,28H,11-12,14-15H2,1-2H3. The molecule has 1 N–H and O–H groups in total. The SMILES string of the molecule is COc1ccc(CCNCc2c(Br)ccc(OC)c2OCc2ccc(Cl)cc2Cl)cc1. The number of rotatable bonds is 10. The molecule has 0 aliphatic heterocycles. The normalized spacial score (nSPS) is 10.7. The molecule has 3 rings (SSSR count). The van der Waals surface area contributed by atoms with Crippen LogP contribution in [0.1, 0.15) is 16.7 Å². The third kappa shape index (κ3) is 6.53. The Morgan fingerprint density at radius 1 is 0.935 bits per heavy atom. The molecule has 3 aromatic carbocycles. The van der Waals surface area contributed by atoms with E-state index >= 15 is 0 Å². The first-order chi connectivity index (χ1) is 15.0. The quantitative estimate of drug-likeness (QED) is 0.300. The fourth-order valence-corrected chi connectivity index (χ4v) is 4.01. The third-order valence-electron chi connectivity index (χ3n) is 4.83. The summed E-state index contributed by atoms with van der Waals surface area (Å²) in [5.74, 6) is 2.21. The van der Waals surface area contributed by atoms with E-state index in [1.807, 2.05) is 30.3 Å². The molecule has 164 valence electrons. The zero-order valence-corrected chi connectivity index (χ0v) is 20.5. The fraction of sp³-hybridized carbons (Fsp3) is 0.250. The van der Waals surface area contributed by atoms with E-state index in [2.05, 4.69) is 33.4 Å². The molecule has 0 unspecified atom stereocenters. The van der Waals surface area contributed by atoms with Crippen molar-refractivity contribution in [2.45, 2.75) is 19.6 Å². The van der Waals surface area contributed by atoms with Crippen LogP contribution in [0.15, 0.2) is 59.1 Å². The van der Waals surface area contributed by atoms with Gasteiger partial charge in [-0.2, -0.15) is 0 Å². The van der Waals surface area contributed by atoms with Crippen LogP contribution in [-0.2, 0) is 19.6 Å². The van der Waals surface area contributed by atoms with Gasteiger partial charge in [0.1, 0.15) is 12.4 Å². The van der Waals surface area contributed by atoms with Crippen molar-refractivity contribution < 1.29 is 14.2 Å². The van der Waals surface area contributed by atoms with Gasteiger partial charge in [0.25, 0.3) is 0 Å². The first-order valence-electron chi connectivity index (χ1n) is 9.77. The topological polar surface area (TPSA) is 39.7 Å². The molecule has 0 spiro atoms. The lowest BCUT2D eigenvalue weighted by Crippen LogP contribution is -2.18. The molecular weight excluding hydrogens is 501 g/mol. The van der Waals surface area contributed by atoms with Gasteiger partial charge in [0.15, 0.2) is 11.5 Å². The van der Waals surface area contributed by atoms with Gasteiger partial charge in [-0.1, -0.05) is 57.3 Å². The van der Waals surface area contributed by atoms with Gasteiger partial charge in [-0.05, 0) is 54.9 Å². The average molecular weight is 525 g/mol. The van der Waals surface area contributed by atoms with Crippen LogP contribution >= 0.6 is 39.1 Å². The molecule has 0 atom stereocenters. The molecule has 0 radical (unpaired) electrons. The average Bonchev–Trinajstić information content (AvgIpc) is 2.77. The predicted octanol–water partition coefficient (Wildman–Crippen LogP) is 6.68. The van der Waals surface area contributed by atoms with E-state index in [1.165, 1.54) is 5.56 Å². The van der Waals surface area contributed by atoms with Gasteiger partial charge >= 0.3 is 0 Å². The van der Waals surface area contributed by atoms with Gasteiger partial charge < -0.3 is 19.5 Å². The molecule has 0 fully saturated rings. The van der Waals surface area contributed by atoms with E-state index in [0.717, 1.165) is 34.3 Å². The molecule has 7 heteroatoms. The van der Waals surface area contributed by atoms with Crippen LogP contribution < -0.4 is 19.5 Å². The number of hydrogen-bond donors (Lipinski definition) is 1. The van der Waals surface area contributed by atoms with E-state index in [0.29, 0.717) is 34.7 Å². The number of nitrogens with one attached hydrogen (secondary N) is 1. The molecule has 0 heterocycles. The highest BCUT2D eigenvalue weighted by atomic mass is 79.9. The maximum Gasteiger partial charge on any atom is 0.167 e. The van der Waals surface area contributed by atoms with Gasteiger partial charge in [-0.3, -0.25) is 0 Å². The molecule has 4 nitrogen and oxygen atoms in total. The lowest BCUT2D eigenvalue weighted by molar-refractivity contribution is 0.280. The molecule has 0 aromatic heterocycles. The van der Waals surface area contributed by atoms with Crippen LogP contribution in [0.2, 0.25) is 10.0 Å². The molecule has 0 aliphatic rings. The van der Waals surface area contributed by atoms with Gasteiger partial charge in [-0.25, -0.2) is 0 Å². The second kappa shape index (κ2) is 11.6. The molecule has 0 saturated heterocycles. The summed E-state index contributed by atoms with van der Waals surface area (Å²) < 4.78 is 17.8. The van der Waals surface area contributed by atoms with Crippen molar-refractivity contribution in [3.05, 3.63) is 85.8 Å². The first kappa shape index (κ1) is 23.7. The Kier molecular flexibility index (Phi) is 8.90. The summed E-state index contributed by atoms with van der Waals surface area (Å²) in [5, 5.41) is 4.65. The minimum absolute atomic E-state index is 0.307. The molecule has 3 aromatic rings. The van der Waals surface area contributed by atoms with Crippen molar-refractivity contribution in [1.29, 1.82) is 0 Å². The Morgan fingerprint density at radius 2 is 1.71 bits per heavy atom. The van der Waals surface area contributed by atoms with Crippen LogP contribution in [0.5, 0.6) is 17.2 Å². The number of ether oxygens (including phenoxy) is 3. The van der Waals surface area contributed by atoms with Crippen molar-refractivity contribution in [3.8, 4) is 17.2 Å². The lowest BCUT2D eigenvalue weighted by atomic mass is 10.1. The third-order valence-corrected chi connectivity index (χ3v) is 6.16. The second-order valence-electron chi connectivity index (χ2n) is 6.86. The van der Waals surface area contributed by atoms with Crippen LogP contribution in [0.25, 0.3) is 0 Å². The summed E-state index contributed by atoms with van der Waals surface area (Å²) in [5.41, 5.74) is 3.08. The lowest BCUT2D eigenvalue weighted by Gasteiger charge is -2.18. The number of hydrogen-bond acceptors (Lipinski definition) is 4. The minimum Gasteiger partial charge on any atom is -0.497 e.